The first-order chi connectivity index (χ1) is 24.3. The summed E-state index contributed by atoms with van der Waals surface area (Å²) in [6, 6.07) is 65.9. The number of anilines is 3. The minimum absolute atomic E-state index is 1.13. The lowest BCUT2D eigenvalue weighted by atomic mass is 10.0. The summed E-state index contributed by atoms with van der Waals surface area (Å²) in [5.74, 6) is 0. The predicted octanol–water partition coefficient (Wildman–Crippen LogP) is 13.4. The van der Waals surface area contributed by atoms with E-state index in [-0.39, 0.29) is 0 Å². The highest BCUT2D eigenvalue weighted by Gasteiger charge is 2.20. The second kappa shape index (κ2) is 11.2. The molecule has 3 heteroatoms. The largest absolute Gasteiger partial charge is 0.310 e. The summed E-state index contributed by atoms with van der Waals surface area (Å²) in [6.45, 7) is 0. The summed E-state index contributed by atoms with van der Waals surface area (Å²) >= 11 is 1.90. The molecule has 2 nitrogen and oxygen atoms in total. The Balaban J connectivity index is 1.20. The summed E-state index contributed by atoms with van der Waals surface area (Å²) < 4.78 is 5.07. The Labute approximate surface area is 288 Å². The van der Waals surface area contributed by atoms with Crippen molar-refractivity contribution in [2.24, 2.45) is 0 Å². The summed E-state index contributed by atoms with van der Waals surface area (Å²) in [5, 5.41) is 7.71. The van der Waals surface area contributed by atoms with Crippen molar-refractivity contribution < 1.29 is 0 Å². The van der Waals surface area contributed by atoms with Gasteiger partial charge in [-0.3, -0.25) is 0 Å². The van der Waals surface area contributed by atoms with Crippen molar-refractivity contribution in [2.75, 3.05) is 4.90 Å². The fourth-order valence-electron chi connectivity index (χ4n) is 7.52. The van der Waals surface area contributed by atoms with E-state index >= 15 is 0 Å². The number of fused-ring (bicyclic) bond motifs is 9. The molecule has 0 aliphatic heterocycles. The highest BCUT2D eigenvalue weighted by atomic mass is 32.1. The average molecular weight is 643 g/mol. The molecule has 0 amide bonds. The first-order valence-corrected chi connectivity index (χ1v) is 17.5. The molecule has 2 heterocycles. The van der Waals surface area contributed by atoms with Gasteiger partial charge in [-0.05, 0) is 77.2 Å². The second-order valence-electron chi connectivity index (χ2n) is 12.6. The molecule has 10 aromatic rings. The maximum absolute atomic E-state index is 2.46. The van der Waals surface area contributed by atoms with Gasteiger partial charge in [-0.1, -0.05) is 121 Å². The van der Waals surface area contributed by atoms with Crippen LogP contribution in [0.5, 0.6) is 0 Å². The molecule has 0 aliphatic carbocycles. The van der Waals surface area contributed by atoms with Gasteiger partial charge in [0.15, 0.2) is 0 Å². The molecule has 0 atom stereocenters. The Bertz CT molecular complexity index is 2800. The molecular formula is C46H30N2S. The average Bonchev–Trinajstić information content (AvgIpc) is 3.72. The number of nitrogens with zero attached hydrogens (tertiary/aromatic N) is 2. The highest BCUT2D eigenvalue weighted by Crippen LogP contribution is 2.46. The van der Waals surface area contributed by atoms with E-state index in [0.717, 1.165) is 17.1 Å². The molecule has 49 heavy (non-hydrogen) atoms. The molecule has 0 unspecified atom stereocenters. The lowest BCUT2D eigenvalue weighted by Gasteiger charge is -2.25. The van der Waals surface area contributed by atoms with E-state index in [4.69, 9.17) is 0 Å². The summed E-state index contributed by atoms with van der Waals surface area (Å²) in [4.78, 5) is 2.37. The third-order valence-electron chi connectivity index (χ3n) is 9.76. The monoisotopic (exact) mass is 642 g/mol. The van der Waals surface area contributed by atoms with Gasteiger partial charge in [-0.25, -0.2) is 0 Å². The Morgan fingerprint density at radius 3 is 1.82 bits per heavy atom. The van der Waals surface area contributed by atoms with Gasteiger partial charge >= 0.3 is 0 Å². The van der Waals surface area contributed by atoms with Gasteiger partial charge in [0, 0.05) is 59.1 Å². The third kappa shape index (κ3) is 4.47. The molecule has 0 aliphatic rings. The van der Waals surface area contributed by atoms with E-state index in [9.17, 15) is 0 Å². The van der Waals surface area contributed by atoms with Crippen molar-refractivity contribution in [1.29, 1.82) is 0 Å². The molecule has 0 saturated heterocycles. The van der Waals surface area contributed by atoms with Gasteiger partial charge in [0.25, 0.3) is 0 Å². The molecule has 0 fully saturated rings. The molecule has 0 saturated carbocycles. The van der Waals surface area contributed by atoms with Crippen LogP contribution in [0.3, 0.4) is 0 Å². The van der Waals surface area contributed by atoms with E-state index in [1.165, 1.54) is 69.6 Å². The van der Waals surface area contributed by atoms with E-state index < -0.39 is 0 Å². The Morgan fingerprint density at radius 1 is 0.429 bits per heavy atom. The molecule has 2 aromatic heterocycles. The van der Waals surface area contributed by atoms with Gasteiger partial charge in [0.1, 0.15) is 0 Å². The van der Waals surface area contributed by atoms with Crippen LogP contribution >= 0.6 is 11.3 Å². The third-order valence-corrected chi connectivity index (χ3v) is 11.0. The first kappa shape index (κ1) is 27.9. The normalized spacial score (nSPS) is 11.7. The van der Waals surface area contributed by atoms with Crippen LogP contribution in [-0.4, -0.2) is 4.57 Å². The van der Waals surface area contributed by atoms with Crippen LogP contribution in [0.1, 0.15) is 0 Å². The van der Waals surface area contributed by atoms with E-state index in [1.54, 1.807) is 0 Å². The van der Waals surface area contributed by atoms with E-state index in [2.05, 4.69) is 191 Å². The fourth-order valence-corrected chi connectivity index (χ4v) is 8.76. The molecule has 8 aromatic carbocycles. The van der Waals surface area contributed by atoms with Gasteiger partial charge < -0.3 is 9.47 Å². The lowest BCUT2D eigenvalue weighted by molar-refractivity contribution is 1.19. The first-order valence-electron chi connectivity index (χ1n) is 16.7. The maximum atomic E-state index is 2.46. The topological polar surface area (TPSA) is 8.17 Å². The number of aromatic nitrogens is 1. The molecule has 0 bridgehead atoms. The molecule has 0 N–H and O–H groups in total. The van der Waals surface area contributed by atoms with Crippen molar-refractivity contribution in [1.82, 2.24) is 4.57 Å². The Morgan fingerprint density at radius 2 is 1.04 bits per heavy atom. The number of thiophene rings is 1. The number of para-hydroxylation sites is 3. The number of rotatable bonds is 5. The highest BCUT2D eigenvalue weighted by molar-refractivity contribution is 7.26. The quantitative estimate of drug-likeness (QED) is 0.181. The zero-order valence-corrected chi connectivity index (χ0v) is 27.4. The van der Waals surface area contributed by atoms with Crippen molar-refractivity contribution in [2.45, 2.75) is 0 Å². The van der Waals surface area contributed by atoms with Gasteiger partial charge in [0.2, 0.25) is 0 Å². The standard InChI is InChI=1S/C46H30N2S/c1-4-12-31(13-5-1)32-20-24-36(25-21-32)47(34-14-6-2-7-15-34)37-26-29-43-41(30-37)40-28-23-33-22-27-39-38-18-10-11-19-42(38)48(35-16-8-3-9-17-35)45(39)44(33)46(40)49-43/h1-30H. The Hall–Kier alpha value is -6.16. The Kier molecular flexibility index (Phi) is 6.39. The summed E-state index contributed by atoms with van der Waals surface area (Å²) in [7, 11) is 0. The minimum atomic E-state index is 1.13. The molecule has 0 spiro atoms. The summed E-state index contributed by atoms with van der Waals surface area (Å²) in [5.41, 5.74) is 9.51. The smallest absolute Gasteiger partial charge is 0.0633 e. The van der Waals surface area contributed by atoms with Gasteiger partial charge in [-0.2, -0.15) is 0 Å². The van der Waals surface area contributed by atoms with Crippen LogP contribution in [0.4, 0.5) is 17.1 Å². The van der Waals surface area contributed by atoms with Crippen molar-refractivity contribution in [3.05, 3.63) is 182 Å². The predicted molar refractivity (Wildman–Crippen MR) is 211 cm³/mol. The van der Waals surface area contributed by atoms with Crippen LogP contribution in [0.2, 0.25) is 0 Å². The van der Waals surface area contributed by atoms with Crippen molar-refractivity contribution in [3.8, 4) is 16.8 Å². The fraction of sp³-hybridized carbons (Fsp3) is 0. The van der Waals surface area contributed by atoms with Crippen LogP contribution < -0.4 is 4.90 Å². The number of hydrogen-bond acceptors (Lipinski definition) is 2. The van der Waals surface area contributed by atoms with E-state index in [0.29, 0.717) is 0 Å². The van der Waals surface area contributed by atoms with Gasteiger partial charge in [-0.15, -0.1) is 11.3 Å². The van der Waals surface area contributed by atoms with E-state index in [1.807, 2.05) is 11.3 Å². The lowest BCUT2D eigenvalue weighted by Crippen LogP contribution is -2.09. The minimum Gasteiger partial charge on any atom is -0.310 e. The van der Waals surface area contributed by atoms with Crippen molar-refractivity contribution >= 4 is 81.1 Å². The molecule has 10 rings (SSSR count). The zero-order chi connectivity index (χ0) is 32.3. The number of hydrogen-bond donors (Lipinski definition) is 0. The van der Waals surface area contributed by atoms with Crippen LogP contribution in [0.15, 0.2) is 182 Å². The molecule has 230 valence electrons. The summed E-state index contributed by atoms with van der Waals surface area (Å²) in [6.07, 6.45) is 0. The zero-order valence-electron chi connectivity index (χ0n) is 26.6. The number of benzene rings is 8. The van der Waals surface area contributed by atoms with Crippen LogP contribution in [0.25, 0.3) is 69.6 Å². The van der Waals surface area contributed by atoms with Crippen molar-refractivity contribution in [3.63, 3.8) is 0 Å². The molecule has 0 radical (unpaired) electrons. The SMILES string of the molecule is c1ccc(-c2ccc(N(c3ccccc3)c3ccc4sc5c(ccc6ccc7c8ccccc8n(-c8ccccc8)c7c65)c4c3)cc2)cc1. The van der Waals surface area contributed by atoms with Crippen LogP contribution in [0, 0.1) is 0 Å². The van der Waals surface area contributed by atoms with Gasteiger partial charge in [0.05, 0.1) is 11.0 Å². The van der Waals surface area contributed by atoms with Crippen LogP contribution in [-0.2, 0) is 0 Å². The second-order valence-corrected chi connectivity index (χ2v) is 13.6. The maximum Gasteiger partial charge on any atom is 0.0633 e. The molecular weight excluding hydrogens is 613 g/mol.